The quantitative estimate of drug-likeness (QED) is 0.212. The molecule has 2 amide bonds. The Bertz CT molecular complexity index is 1230. The number of nitrogens with one attached hydrogen (secondary N) is 1. The molecule has 0 spiro atoms. The Balaban J connectivity index is 1.34. The average Bonchev–Trinajstić information content (AvgIpc) is 3.50. The number of quaternary nitrogens is 1. The summed E-state index contributed by atoms with van der Waals surface area (Å²) in [6, 6.07) is -0.887. The second-order valence-electron chi connectivity index (χ2n) is 8.98. The van der Waals surface area contributed by atoms with Crippen molar-refractivity contribution in [2.45, 2.75) is 30.7 Å². The van der Waals surface area contributed by atoms with Crippen molar-refractivity contribution in [3.63, 3.8) is 0 Å². The van der Waals surface area contributed by atoms with Gasteiger partial charge in [0.25, 0.3) is 11.8 Å². The number of amides is 2. The largest absolute Gasteiger partial charge is 0.477 e. The van der Waals surface area contributed by atoms with Crippen LogP contribution >= 0.6 is 23.1 Å². The second-order valence-corrected chi connectivity index (χ2v) is 11.0. The Morgan fingerprint density at radius 3 is 2.69 bits per heavy atom. The molecule has 1 aromatic heterocycles. The van der Waals surface area contributed by atoms with Gasteiger partial charge in [-0.3, -0.25) is 19.0 Å². The molecule has 13 heteroatoms. The lowest BCUT2D eigenvalue weighted by atomic mass is 10.0. The molecule has 35 heavy (non-hydrogen) atoms. The molecule has 4 aliphatic rings. The number of allylic oxidation sites excluding steroid dienone is 2. The monoisotopic (exact) mass is 517 g/mol. The zero-order valence-electron chi connectivity index (χ0n) is 19.2. The first-order chi connectivity index (χ1) is 16.7. The van der Waals surface area contributed by atoms with Crippen LogP contribution < -0.4 is 11.1 Å². The van der Waals surface area contributed by atoms with Gasteiger partial charge in [0.1, 0.15) is 48.9 Å². The minimum absolute atomic E-state index is 0.00974. The Kier molecular flexibility index (Phi) is 5.93. The van der Waals surface area contributed by atoms with Crippen molar-refractivity contribution in [3.05, 3.63) is 45.9 Å². The van der Waals surface area contributed by atoms with Gasteiger partial charge < -0.3 is 21.0 Å². The molecule has 0 radical (unpaired) electrons. The van der Waals surface area contributed by atoms with Gasteiger partial charge in [-0.1, -0.05) is 5.16 Å². The highest BCUT2D eigenvalue weighted by molar-refractivity contribution is 8.00. The minimum Gasteiger partial charge on any atom is -0.477 e. The van der Waals surface area contributed by atoms with E-state index in [1.54, 1.807) is 5.38 Å². The molecule has 1 saturated carbocycles. The van der Waals surface area contributed by atoms with Gasteiger partial charge in [0.2, 0.25) is 0 Å². The van der Waals surface area contributed by atoms with Crippen LogP contribution in [-0.4, -0.2) is 80.8 Å². The van der Waals surface area contributed by atoms with Crippen LogP contribution in [-0.2, 0) is 19.2 Å². The van der Waals surface area contributed by atoms with Crippen molar-refractivity contribution < 1.29 is 28.8 Å². The molecule has 0 aromatic carbocycles. The summed E-state index contributed by atoms with van der Waals surface area (Å²) in [6.45, 7) is 0.477. The fourth-order valence-corrected chi connectivity index (χ4v) is 6.93. The van der Waals surface area contributed by atoms with Gasteiger partial charge in [0.05, 0.1) is 7.05 Å². The molecule has 3 aliphatic heterocycles. The number of hydrogen-bond acceptors (Lipinski definition) is 9. The lowest BCUT2D eigenvalue weighted by Gasteiger charge is -2.49. The number of fused-ring (bicyclic) bond motifs is 2. The highest BCUT2D eigenvalue weighted by Gasteiger charge is 2.55. The van der Waals surface area contributed by atoms with Gasteiger partial charge >= 0.3 is 5.97 Å². The Morgan fingerprint density at radius 1 is 1.37 bits per heavy atom. The summed E-state index contributed by atoms with van der Waals surface area (Å²) < 4.78 is 0.498. The maximum atomic E-state index is 13.1. The molecule has 0 bridgehead atoms. The third-order valence-corrected chi connectivity index (χ3v) is 8.45. The molecule has 5 rings (SSSR count). The number of aliphatic carboxylic acids is 1. The number of carbonyl (C=O) groups excluding carboxylic acids is 2. The number of anilines is 1. The number of hydrogen-bond donors (Lipinski definition) is 3. The number of carboxylic acid groups (broad SMARTS) is 1. The molecular weight excluding hydrogens is 492 g/mol. The predicted molar refractivity (Wildman–Crippen MR) is 131 cm³/mol. The number of rotatable bonds is 7. The van der Waals surface area contributed by atoms with E-state index >= 15 is 0 Å². The van der Waals surface area contributed by atoms with E-state index in [0.29, 0.717) is 22.4 Å². The van der Waals surface area contributed by atoms with E-state index in [2.05, 4.69) is 27.9 Å². The van der Waals surface area contributed by atoms with E-state index in [4.69, 9.17) is 10.6 Å². The molecule has 2 atom stereocenters. The molecule has 1 aromatic rings. The van der Waals surface area contributed by atoms with E-state index in [9.17, 15) is 19.5 Å². The van der Waals surface area contributed by atoms with Crippen LogP contribution in [0.1, 0.15) is 25.0 Å². The van der Waals surface area contributed by atoms with Gasteiger partial charge in [0, 0.05) is 27.9 Å². The smallest absolute Gasteiger partial charge is 0.352 e. The van der Waals surface area contributed by atoms with Crippen LogP contribution in [0.15, 0.2) is 45.4 Å². The summed E-state index contributed by atoms with van der Waals surface area (Å²) in [5.41, 5.74) is 9.17. The number of nitrogens with two attached hydrogens (primary N) is 1. The van der Waals surface area contributed by atoms with Crippen LogP contribution in [0.3, 0.4) is 0 Å². The van der Waals surface area contributed by atoms with Crippen LogP contribution in [0.4, 0.5) is 5.13 Å². The minimum atomic E-state index is -1.14. The molecule has 4 N–H and O–H groups in total. The van der Waals surface area contributed by atoms with Crippen molar-refractivity contribution in [1.82, 2.24) is 15.2 Å². The van der Waals surface area contributed by atoms with Crippen molar-refractivity contribution in [2.24, 2.45) is 5.16 Å². The van der Waals surface area contributed by atoms with Crippen LogP contribution in [0.25, 0.3) is 0 Å². The van der Waals surface area contributed by atoms with Crippen molar-refractivity contribution >= 4 is 51.7 Å². The van der Waals surface area contributed by atoms with Crippen molar-refractivity contribution in [3.8, 4) is 0 Å². The number of thioether (sulfide) groups is 1. The number of carbonyl (C=O) groups is 3. The summed E-state index contributed by atoms with van der Waals surface area (Å²) in [5.74, 6) is -1.82. The first-order valence-electron chi connectivity index (χ1n) is 11.0. The third kappa shape index (κ3) is 4.13. The summed E-state index contributed by atoms with van der Waals surface area (Å²) in [4.78, 5) is 48.3. The molecule has 11 nitrogen and oxygen atoms in total. The van der Waals surface area contributed by atoms with Gasteiger partial charge in [-0.15, -0.1) is 23.1 Å². The summed E-state index contributed by atoms with van der Waals surface area (Å²) >= 11 is 2.58. The standard InChI is InChI=1S/C22H24N6O5S2/c1-28(6-11-4-3-5-12(11)7-28)8-13-9-34-20-16(19(30)27(20)17(13)21(31)32)25-18(29)15(26-33-2)14-10-35-22(23)24-14/h6-7,10,16,20H,3-5,8-9H2,1-2H3,(H3-,23,24,25,29,31,32)/p+1/b26-15-/t16-,20-/m1/s1. The van der Waals surface area contributed by atoms with Gasteiger partial charge in [-0.25, -0.2) is 9.78 Å². The fourth-order valence-electron chi connectivity index (χ4n) is 5.04. The summed E-state index contributed by atoms with van der Waals surface area (Å²) in [7, 11) is 3.34. The third-order valence-electron chi connectivity index (χ3n) is 6.44. The van der Waals surface area contributed by atoms with Gasteiger partial charge in [0.15, 0.2) is 10.8 Å². The molecule has 184 valence electrons. The highest BCUT2D eigenvalue weighted by Crippen LogP contribution is 2.43. The summed E-state index contributed by atoms with van der Waals surface area (Å²) in [6.07, 6.45) is 7.63. The molecular formula is C22H25N6O5S2+. The Hall–Kier alpha value is -3.16. The number of carboxylic acids is 1. The number of nitrogen functional groups attached to an aromatic ring is 1. The van der Waals surface area contributed by atoms with Crippen LogP contribution in [0.5, 0.6) is 0 Å². The average molecular weight is 518 g/mol. The fraction of sp³-hybridized carbons (Fsp3) is 0.409. The van der Waals surface area contributed by atoms with E-state index in [-0.39, 0.29) is 22.2 Å². The number of oxime groups is 1. The number of β-lactam (4-membered cyclic amide) rings is 1. The predicted octanol–water partition coefficient (Wildman–Crippen LogP) is 1.23. The first kappa shape index (κ1) is 23.6. The molecule has 0 unspecified atom stereocenters. The van der Waals surface area contributed by atoms with E-state index < -0.39 is 29.2 Å². The Labute approximate surface area is 209 Å². The van der Waals surface area contributed by atoms with Crippen LogP contribution in [0, 0.1) is 0 Å². The number of likely N-dealkylation sites (N-methyl/N-ethyl adjacent to an activating group) is 1. The molecule has 2 fully saturated rings. The normalized spacial score (nSPS) is 24.9. The Morgan fingerprint density at radius 2 is 2.09 bits per heavy atom. The first-order valence-corrected chi connectivity index (χ1v) is 13.0. The van der Waals surface area contributed by atoms with E-state index in [0.717, 1.165) is 30.6 Å². The SMILES string of the molecule is CO/N=C(\C(=O)N[C@@H]1C(=O)N2C(C(=O)O)=C(C[N+]3(C)C=C4CCCC4=C3)CS[C@H]12)c1csc(N)n1. The van der Waals surface area contributed by atoms with Crippen molar-refractivity contribution in [1.29, 1.82) is 0 Å². The van der Waals surface area contributed by atoms with E-state index in [1.807, 2.05) is 7.05 Å². The number of thiazole rings is 1. The van der Waals surface area contributed by atoms with Crippen molar-refractivity contribution in [2.75, 3.05) is 32.2 Å². The molecule has 1 aliphatic carbocycles. The lowest BCUT2D eigenvalue weighted by Crippen LogP contribution is -2.71. The maximum Gasteiger partial charge on any atom is 0.352 e. The summed E-state index contributed by atoms with van der Waals surface area (Å²) in [5, 5.41) is 17.7. The molecule has 1 saturated heterocycles. The van der Waals surface area contributed by atoms with E-state index in [1.165, 1.54) is 34.9 Å². The molecule has 4 heterocycles. The number of aromatic nitrogens is 1. The second kappa shape index (κ2) is 8.81. The lowest BCUT2D eigenvalue weighted by molar-refractivity contribution is -0.799. The maximum absolute atomic E-state index is 13.1. The topological polar surface area (TPSA) is 147 Å². The van der Waals surface area contributed by atoms with Gasteiger partial charge in [-0.05, 0) is 19.3 Å². The zero-order chi connectivity index (χ0) is 24.9. The zero-order valence-corrected chi connectivity index (χ0v) is 20.8. The highest BCUT2D eigenvalue weighted by atomic mass is 32.2. The van der Waals surface area contributed by atoms with Crippen LogP contribution in [0.2, 0.25) is 0 Å². The number of nitrogens with zero attached hydrogens (tertiary/aromatic N) is 4. The van der Waals surface area contributed by atoms with Gasteiger partial charge in [-0.2, -0.15) is 0 Å².